The van der Waals surface area contributed by atoms with Crippen molar-refractivity contribution in [2.24, 2.45) is 7.05 Å². The molecule has 3 aromatic rings. The van der Waals surface area contributed by atoms with Crippen LogP contribution in [0.3, 0.4) is 0 Å². The number of likely N-dealkylation sites (tertiary alicyclic amines) is 1. The minimum Gasteiger partial charge on any atom is -0.488 e. The first-order chi connectivity index (χ1) is 13.0. The molecular weight excluding hydrogens is 346 g/mol. The zero-order valence-corrected chi connectivity index (χ0v) is 15.3. The molecule has 0 aliphatic carbocycles. The Balaban J connectivity index is 1.40. The number of carbonyl (C=O) groups is 1. The van der Waals surface area contributed by atoms with Crippen molar-refractivity contribution in [3.05, 3.63) is 52.4 Å². The van der Waals surface area contributed by atoms with Gasteiger partial charge in [-0.25, -0.2) is 4.68 Å². The lowest BCUT2D eigenvalue weighted by molar-refractivity contribution is -0.131. The van der Waals surface area contributed by atoms with Gasteiger partial charge < -0.3 is 14.2 Å². The van der Waals surface area contributed by atoms with Gasteiger partial charge in [0.05, 0.1) is 12.1 Å². The number of benzene rings is 1. The SMILES string of the molecule is Cc1cc(OC2CCN(C(=O)Cn3nnc4ccccc43)C2)cc(=O)n1C. The standard InChI is InChI=1S/C19H21N5O3/c1-13-9-15(10-18(25)22(13)2)27-14-7-8-23(11-14)19(26)12-24-17-6-4-3-5-16(17)20-21-24/h3-6,9-10,14H,7-8,11-12H2,1-2H3. The fourth-order valence-corrected chi connectivity index (χ4v) is 3.31. The van der Waals surface area contributed by atoms with Gasteiger partial charge in [-0.15, -0.1) is 5.10 Å². The summed E-state index contributed by atoms with van der Waals surface area (Å²) < 4.78 is 9.13. The lowest BCUT2D eigenvalue weighted by Gasteiger charge is -2.18. The lowest BCUT2D eigenvalue weighted by atomic mass is 10.3. The topological polar surface area (TPSA) is 82.2 Å². The number of carbonyl (C=O) groups excluding carboxylic acids is 1. The second kappa shape index (κ2) is 6.86. The highest BCUT2D eigenvalue weighted by Crippen LogP contribution is 2.19. The average molecular weight is 367 g/mol. The van der Waals surface area contributed by atoms with Crippen LogP contribution in [0.15, 0.2) is 41.2 Å². The van der Waals surface area contributed by atoms with Crippen molar-refractivity contribution in [1.29, 1.82) is 0 Å². The minimum absolute atomic E-state index is 0.0168. The van der Waals surface area contributed by atoms with Crippen LogP contribution in [-0.2, 0) is 18.4 Å². The lowest BCUT2D eigenvalue weighted by Crippen LogP contribution is -2.34. The fourth-order valence-electron chi connectivity index (χ4n) is 3.31. The first-order valence-electron chi connectivity index (χ1n) is 8.91. The summed E-state index contributed by atoms with van der Waals surface area (Å²) in [5.41, 5.74) is 2.35. The van der Waals surface area contributed by atoms with Crippen LogP contribution in [0.25, 0.3) is 11.0 Å². The molecule has 1 aromatic carbocycles. The summed E-state index contributed by atoms with van der Waals surface area (Å²) in [6.07, 6.45) is 0.617. The van der Waals surface area contributed by atoms with E-state index in [-0.39, 0.29) is 24.1 Å². The van der Waals surface area contributed by atoms with Crippen LogP contribution in [0, 0.1) is 6.92 Å². The van der Waals surface area contributed by atoms with Crippen molar-refractivity contribution in [1.82, 2.24) is 24.5 Å². The Morgan fingerprint density at radius 2 is 2.11 bits per heavy atom. The van der Waals surface area contributed by atoms with Gasteiger partial charge in [0.2, 0.25) is 5.91 Å². The molecule has 0 bridgehead atoms. The van der Waals surface area contributed by atoms with Gasteiger partial charge >= 0.3 is 0 Å². The monoisotopic (exact) mass is 367 g/mol. The molecule has 0 radical (unpaired) electrons. The minimum atomic E-state index is -0.118. The number of amides is 1. The van der Waals surface area contributed by atoms with E-state index in [1.807, 2.05) is 37.3 Å². The van der Waals surface area contributed by atoms with Gasteiger partial charge in [0, 0.05) is 31.8 Å². The molecule has 3 heterocycles. The van der Waals surface area contributed by atoms with Crippen molar-refractivity contribution in [2.75, 3.05) is 13.1 Å². The predicted octanol–water partition coefficient (Wildman–Crippen LogP) is 1.12. The molecule has 8 heteroatoms. The van der Waals surface area contributed by atoms with Gasteiger partial charge in [0.15, 0.2) is 0 Å². The number of rotatable bonds is 4. The molecule has 1 aliphatic heterocycles. The van der Waals surface area contributed by atoms with Crippen LogP contribution in [0.2, 0.25) is 0 Å². The average Bonchev–Trinajstić information content (AvgIpc) is 3.27. The normalized spacial score (nSPS) is 16.8. The quantitative estimate of drug-likeness (QED) is 0.690. The van der Waals surface area contributed by atoms with Gasteiger partial charge in [0.25, 0.3) is 5.56 Å². The number of hydrogen-bond donors (Lipinski definition) is 0. The number of ether oxygens (including phenoxy) is 1. The molecule has 8 nitrogen and oxygen atoms in total. The number of para-hydroxylation sites is 1. The number of aryl methyl sites for hydroxylation is 1. The highest BCUT2D eigenvalue weighted by molar-refractivity contribution is 5.80. The molecular formula is C19H21N5O3. The van der Waals surface area contributed by atoms with Crippen molar-refractivity contribution < 1.29 is 9.53 Å². The van der Waals surface area contributed by atoms with Crippen molar-refractivity contribution in [3.8, 4) is 5.75 Å². The van der Waals surface area contributed by atoms with Crippen LogP contribution >= 0.6 is 0 Å². The van der Waals surface area contributed by atoms with E-state index in [0.717, 1.165) is 23.1 Å². The fraction of sp³-hybridized carbons (Fsp3) is 0.368. The van der Waals surface area contributed by atoms with Crippen molar-refractivity contribution in [3.63, 3.8) is 0 Å². The second-order valence-corrected chi connectivity index (χ2v) is 6.83. The van der Waals surface area contributed by atoms with Crippen LogP contribution < -0.4 is 10.3 Å². The predicted molar refractivity (Wildman–Crippen MR) is 99.6 cm³/mol. The maximum Gasteiger partial charge on any atom is 0.254 e. The van der Waals surface area contributed by atoms with Crippen LogP contribution in [0.1, 0.15) is 12.1 Å². The van der Waals surface area contributed by atoms with E-state index in [4.69, 9.17) is 4.74 Å². The number of nitrogens with zero attached hydrogens (tertiary/aromatic N) is 5. The van der Waals surface area contributed by atoms with E-state index < -0.39 is 0 Å². The summed E-state index contributed by atoms with van der Waals surface area (Å²) in [7, 11) is 1.73. The largest absolute Gasteiger partial charge is 0.488 e. The highest BCUT2D eigenvalue weighted by atomic mass is 16.5. The van der Waals surface area contributed by atoms with E-state index >= 15 is 0 Å². The van der Waals surface area contributed by atoms with Crippen LogP contribution in [0.5, 0.6) is 5.75 Å². The number of hydrogen-bond acceptors (Lipinski definition) is 5. The number of pyridine rings is 1. The molecule has 1 fully saturated rings. The third kappa shape index (κ3) is 3.42. The van der Waals surface area contributed by atoms with E-state index in [1.54, 1.807) is 21.2 Å². The van der Waals surface area contributed by atoms with Gasteiger partial charge in [0.1, 0.15) is 23.9 Å². The molecule has 27 heavy (non-hydrogen) atoms. The first kappa shape index (κ1) is 17.3. The Morgan fingerprint density at radius 1 is 1.30 bits per heavy atom. The van der Waals surface area contributed by atoms with Crippen molar-refractivity contribution >= 4 is 16.9 Å². The van der Waals surface area contributed by atoms with Crippen LogP contribution in [0.4, 0.5) is 0 Å². The molecule has 4 rings (SSSR count). The summed E-state index contributed by atoms with van der Waals surface area (Å²) in [5.74, 6) is 0.536. The summed E-state index contributed by atoms with van der Waals surface area (Å²) in [5, 5.41) is 8.15. The smallest absolute Gasteiger partial charge is 0.254 e. The third-order valence-corrected chi connectivity index (χ3v) is 4.98. The first-order valence-corrected chi connectivity index (χ1v) is 8.91. The third-order valence-electron chi connectivity index (χ3n) is 4.98. The van der Waals surface area contributed by atoms with Crippen LogP contribution in [-0.4, -0.2) is 49.6 Å². The molecule has 1 aliphatic rings. The molecule has 1 atom stereocenters. The second-order valence-electron chi connectivity index (χ2n) is 6.83. The zero-order chi connectivity index (χ0) is 19.0. The highest BCUT2D eigenvalue weighted by Gasteiger charge is 2.28. The summed E-state index contributed by atoms with van der Waals surface area (Å²) in [6.45, 7) is 3.14. The number of aromatic nitrogens is 4. The van der Waals surface area contributed by atoms with Gasteiger partial charge in [-0.1, -0.05) is 17.3 Å². The molecule has 0 spiro atoms. The Morgan fingerprint density at radius 3 is 2.93 bits per heavy atom. The summed E-state index contributed by atoms with van der Waals surface area (Å²) in [6, 6.07) is 10.9. The molecule has 2 aromatic heterocycles. The van der Waals surface area contributed by atoms with E-state index in [0.29, 0.717) is 18.8 Å². The van der Waals surface area contributed by atoms with Crippen molar-refractivity contribution in [2.45, 2.75) is 26.0 Å². The Labute approximate surface area is 156 Å². The van der Waals surface area contributed by atoms with Gasteiger partial charge in [-0.2, -0.15) is 0 Å². The molecule has 1 unspecified atom stereocenters. The van der Waals surface area contributed by atoms with E-state index in [9.17, 15) is 9.59 Å². The van der Waals surface area contributed by atoms with E-state index in [1.165, 1.54) is 6.07 Å². The zero-order valence-electron chi connectivity index (χ0n) is 15.3. The summed E-state index contributed by atoms with van der Waals surface area (Å²) >= 11 is 0. The molecule has 1 saturated heterocycles. The maximum atomic E-state index is 12.6. The molecule has 1 amide bonds. The Kier molecular flexibility index (Phi) is 4.39. The summed E-state index contributed by atoms with van der Waals surface area (Å²) in [4.78, 5) is 26.3. The van der Waals surface area contributed by atoms with E-state index in [2.05, 4.69) is 10.3 Å². The molecule has 0 saturated carbocycles. The Hall–Kier alpha value is -3.16. The van der Waals surface area contributed by atoms with Gasteiger partial charge in [-0.3, -0.25) is 9.59 Å². The molecule has 140 valence electrons. The number of fused-ring (bicyclic) bond motifs is 1. The van der Waals surface area contributed by atoms with Gasteiger partial charge in [-0.05, 0) is 25.1 Å². The molecule has 0 N–H and O–H groups in total. The Bertz CT molecular complexity index is 1050. The maximum absolute atomic E-state index is 12.6.